The number of nitrogens with one attached hydrogen (secondary N) is 2. The Morgan fingerprint density at radius 3 is 2.38 bits per heavy atom. The Hall–Kier alpha value is -4.44. The van der Waals surface area contributed by atoms with Crippen LogP contribution < -0.4 is 10.6 Å². The van der Waals surface area contributed by atoms with Gasteiger partial charge in [-0.2, -0.15) is 0 Å². The molecule has 5 atom stereocenters. The van der Waals surface area contributed by atoms with E-state index in [1.165, 1.54) is 4.90 Å². The maximum Gasteiger partial charge on any atom is 0.408 e. The number of rotatable bonds is 5. The summed E-state index contributed by atoms with van der Waals surface area (Å²) in [6, 6.07) is 16.5. The van der Waals surface area contributed by atoms with Crippen LogP contribution in [0.2, 0.25) is 0 Å². The van der Waals surface area contributed by atoms with Gasteiger partial charge >= 0.3 is 12.1 Å². The largest absolute Gasteiger partial charge is 0.479 e. The van der Waals surface area contributed by atoms with Gasteiger partial charge in [0.2, 0.25) is 11.8 Å². The second-order valence-corrected chi connectivity index (χ2v) is 14.3. The molecular weight excluding hydrogens is 610 g/mol. The van der Waals surface area contributed by atoms with Gasteiger partial charge in [0.05, 0.1) is 12.7 Å². The fourth-order valence-electron chi connectivity index (χ4n) is 7.10. The fourth-order valence-corrected chi connectivity index (χ4v) is 7.10. The van der Waals surface area contributed by atoms with Gasteiger partial charge in [0.1, 0.15) is 23.2 Å². The van der Waals surface area contributed by atoms with Crippen molar-refractivity contribution in [3.63, 3.8) is 0 Å². The van der Waals surface area contributed by atoms with Gasteiger partial charge in [-0.1, -0.05) is 73.5 Å². The summed E-state index contributed by atoms with van der Waals surface area (Å²) in [4.78, 5) is 55.0. The van der Waals surface area contributed by atoms with Crippen molar-refractivity contribution in [3.05, 3.63) is 72.3 Å². The van der Waals surface area contributed by atoms with E-state index < -0.39 is 53.2 Å². The number of alkyl carbamates (subject to hydrolysis) is 1. The Kier molecular flexibility index (Phi) is 9.47. The van der Waals surface area contributed by atoms with E-state index in [9.17, 15) is 24.3 Å². The van der Waals surface area contributed by atoms with Crippen LogP contribution in [0.1, 0.15) is 71.3 Å². The number of allylic oxidation sites excluding steroid dienone is 1. The van der Waals surface area contributed by atoms with Gasteiger partial charge in [0, 0.05) is 18.9 Å². The standard InChI is InChI=1S/C38H45N3O7/c1-37(2,3)48-36(46)39-31-18-8-6-4-5-7-15-26-21-38(26,35(44)45)40-33(42)32-20-27(22-41(32)34(31)43)47-23-30-28-16-11-9-13-24(28)19-25-14-10-12-17-29(25)30/h7,9-17,19,26-27,31-32H,4-6,8,18,20-23H2,1-3H3,(H,39,46)(H,40,42)(H,44,45)/b15-7-/t26-,27-,31+,32+,38-/m1/s1. The molecule has 0 radical (unpaired) electrons. The minimum Gasteiger partial charge on any atom is -0.479 e. The quantitative estimate of drug-likeness (QED) is 0.232. The highest BCUT2D eigenvalue weighted by atomic mass is 16.6. The second-order valence-electron chi connectivity index (χ2n) is 14.3. The number of carboxylic acids is 1. The van der Waals surface area contributed by atoms with Crippen molar-refractivity contribution < 1.29 is 33.8 Å². The number of fused-ring (bicyclic) bond motifs is 4. The van der Waals surface area contributed by atoms with Crippen LogP contribution in [0.5, 0.6) is 0 Å². The van der Waals surface area contributed by atoms with Crippen LogP contribution in [0.4, 0.5) is 4.79 Å². The number of carbonyl (C=O) groups excluding carboxylic acids is 3. The zero-order valence-electron chi connectivity index (χ0n) is 27.9. The Labute approximate surface area is 280 Å². The van der Waals surface area contributed by atoms with E-state index >= 15 is 0 Å². The molecule has 0 aromatic heterocycles. The summed E-state index contributed by atoms with van der Waals surface area (Å²) in [5.74, 6) is -2.35. The first-order valence-corrected chi connectivity index (χ1v) is 17.0. The SMILES string of the molecule is CC(C)(C)OC(=O)N[C@H]1CCCCC/C=C\[C@@H]2C[C@@]2(C(=O)O)NC(=O)[C@@H]2C[C@@H](OCc3c4ccccc4cc4ccccc34)CN2C1=O. The van der Waals surface area contributed by atoms with Crippen LogP contribution in [0.25, 0.3) is 21.5 Å². The summed E-state index contributed by atoms with van der Waals surface area (Å²) in [6.45, 7) is 5.64. The molecule has 10 heteroatoms. The molecule has 254 valence electrons. The number of aliphatic carboxylic acids is 1. The third-order valence-corrected chi connectivity index (χ3v) is 9.66. The van der Waals surface area contributed by atoms with Gasteiger partial charge in [0.15, 0.2) is 0 Å². The number of hydrogen-bond acceptors (Lipinski definition) is 6. The number of carboxylic acid groups (broad SMARTS) is 1. The summed E-state index contributed by atoms with van der Waals surface area (Å²) in [5, 5.41) is 20.0. The summed E-state index contributed by atoms with van der Waals surface area (Å²) >= 11 is 0. The lowest BCUT2D eigenvalue weighted by molar-refractivity contribution is -0.145. The number of hydrogen-bond donors (Lipinski definition) is 3. The fraction of sp³-hybridized carbons (Fsp3) is 0.474. The Balaban J connectivity index is 1.29. The van der Waals surface area contributed by atoms with Crippen molar-refractivity contribution in [1.29, 1.82) is 0 Å². The van der Waals surface area contributed by atoms with Crippen molar-refractivity contribution in [2.45, 2.75) is 102 Å². The van der Waals surface area contributed by atoms with E-state index in [1.807, 2.05) is 36.4 Å². The smallest absolute Gasteiger partial charge is 0.408 e. The maximum atomic E-state index is 14.3. The van der Waals surface area contributed by atoms with E-state index in [2.05, 4.69) is 41.0 Å². The van der Waals surface area contributed by atoms with Crippen LogP contribution in [-0.4, -0.2) is 69.8 Å². The molecule has 3 aliphatic rings. The first-order chi connectivity index (χ1) is 22.9. The highest BCUT2D eigenvalue weighted by molar-refractivity contribution is 6.02. The predicted molar refractivity (Wildman–Crippen MR) is 182 cm³/mol. The third kappa shape index (κ3) is 7.18. The maximum absolute atomic E-state index is 14.3. The molecule has 10 nitrogen and oxygen atoms in total. The van der Waals surface area contributed by atoms with Crippen molar-refractivity contribution >= 4 is 45.4 Å². The van der Waals surface area contributed by atoms with Crippen LogP contribution in [0, 0.1) is 5.92 Å². The second kappa shape index (κ2) is 13.6. The topological polar surface area (TPSA) is 134 Å². The average Bonchev–Trinajstić information content (AvgIpc) is 3.56. The van der Waals surface area contributed by atoms with E-state index in [4.69, 9.17) is 9.47 Å². The Morgan fingerprint density at radius 2 is 1.71 bits per heavy atom. The summed E-state index contributed by atoms with van der Waals surface area (Å²) in [5.41, 5.74) is -1.14. The first kappa shape index (κ1) is 33.5. The average molecular weight is 656 g/mol. The molecule has 0 bridgehead atoms. The van der Waals surface area contributed by atoms with Crippen molar-refractivity contribution in [2.75, 3.05) is 6.54 Å². The van der Waals surface area contributed by atoms with Crippen molar-refractivity contribution in [2.24, 2.45) is 5.92 Å². The van der Waals surface area contributed by atoms with Crippen molar-refractivity contribution in [3.8, 4) is 0 Å². The van der Waals surface area contributed by atoms with E-state index in [0.717, 1.165) is 46.4 Å². The minimum absolute atomic E-state index is 0.121. The Morgan fingerprint density at radius 1 is 1.02 bits per heavy atom. The number of nitrogens with zero attached hydrogens (tertiary/aromatic N) is 1. The third-order valence-electron chi connectivity index (χ3n) is 9.66. The number of amides is 3. The molecule has 3 N–H and O–H groups in total. The molecule has 1 saturated carbocycles. The molecular formula is C38H45N3O7. The molecule has 2 fully saturated rings. The molecule has 2 heterocycles. The number of benzene rings is 3. The van der Waals surface area contributed by atoms with Crippen LogP contribution in [0.3, 0.4) is 0 Å². The molecule has 1 aliphatic carbocycles. The molecule has 6 rings (SSSR count). The monoisotopic (exact) mass is 655 g/mol. The lowest BCUT2D eigenvalue weighted by atomic mass is 9.97. The normalized spacial score (nSPS) is 27.3. The van der Waals surface area contributed by atoms with Crippen LogP contribution in [0.15, 0.2) is 66.7 Å². The van der Waals surface area contributed by atoms with Crippen LogP contribution in [-0.2, 0) is 30.5 Å². The lowest BCUT2D eigenvalue weighted by Crippen LogP contribution is -2.56. The number of carbonyl (C=O) groups is 4. The van der Waals surface area contributed by atoms with E-state index in [1.54, 1.807) is 20.8 Å². The molecule has 0 spiro atoms. The van der Waals surface area contributed by atoms with E-state index in [-0.39, 0.29) is 25.5 Å². The Bertz CT molecular complexity index is 1690. The molecule has 3 aromatic rings. The molecule has 0 unspecified atom stereocenters. The summed E-state index contributed by atoms with van der Waals surface area (Å²) in [6.07, 6.45) is 6.64. The molecule has 3 aromatic carbocycles. The minimum atomic E-state index is -1.41. The van der Waals surface area contributed by atoms with E-state index in [0.29, 0.717) is 19.3 Å². The number of ether oxygens (including phenoxy) is 2. The highest BCUT2D eigenvalue weighted by Gasteiger charge is 2.61. The first-order valence-electron chi connectivity index (χ1n) is 17.0. The molecule has 1 saturated heterocycles. The zero-order chi connectivity index (χ0) is 34.1. The van der Waals surface area contributed by atoms with Gasteiger partial charge in [-0.3, -0.25) is 9.59 Å². The summed E-state index contributed by atoms with van der Waals surface area (Å²) in [7, 11) is 0. The molecule has 48 heavy (non-hydrogen) atoms. The summed E-state index contributed by atoms with van der Waals surface area (Å²) < 4.78 is 12.0. The molecule has 2 aliphatic heterocycles. The highest BCUT2D eigenvalue weighted by Crippen LogP contribution is 2.45. The van der Waals surface area contributed by atoms with Gasteiger partial charge < -0.3 is 30.1 Å². The lowest BCUT2D eigenvalue weighted by Gasteiger charge is -2.30. The van der Waals surface area contributed by atoms with Gasteiger partial charge in [-0.05, 0) is 79.6 Å². The van der Waals surface area contributed by atoms with Gasteiger partial charge in [-0.25, -0.2) is 9.59 Å². The van der Waals surface area contributed by atoms with Crippen LogP contribution >= 0.6 is 0 Å². The molecule has 3 amide bonds. The van der Waals surface area contributed by atoms with Crippen molar-refractivity contribution in [1.82, 2.24) is 15.5 Å². The van der Waals surface area contributed by atoms with Gasteiger partial charge in [-0.15, -0.1) is 0 Å². The zero-order valence-corrected chi connectivity index (χ0v) is 27.9. The van der Waals surface area contributed by atoms with Gasteiger partial charge in [0.25, 0.3) is 0 Å². The predicted octanol–water partition coefficient (Wildman–Crippen LogP) is 5.85.